The van der Waals surface area contributed by atoms with Gasteiger partial charge in [-0.05, 0) is 0 Å². The van der Waals surface area contributed by atoms with Gasteiger partial charge in [0, 0.05) is 6.54 Å². The molecule has 0 aliphatic carbocycles. The van der Waals surface area contributed by atoms with Crippen LogP contribution < -0.4 is 11.1 Å². The number of carbonyl (C=O) groups is 2. The second-order valence-corrected chi connectivity index (χ2v) is 2.04. The number of nitrogens with two attached hydrogens (primary N) is 1. The molecule has 1 amide bonds. The first-order valence-corrected chi connectivity index (χ1v) is 2.95. The summed E-state index contributed by atoms with van der Waals surface area (Å²) in [7, 11) is 0. The normalized spacial score (nSPS) is 18.4. The molecule has 54 valence electrons. The van der Waals surface area contributed by atoms with E-state index < -0.39 is 5.91 Å². The van der Waals surface area contributed by atoms with Crippen LogP contribution in [0.1, 0.15) is 0 Å². The molecule has 0 atom stereocenters. The number of rotatable bonds is 1. The number of hydrogen-bond donors (Lipinski definition) is 2. The van der Waals surface area contributed by atoms with Crippen LogP contribution >= 0.6 is 0 Å². The summed E-state index contributed by atoms with van der Waals surface area (Å²) in [4.78, 5) is 21.3. The number of amides is 1. The van der Waals surface area contributed by atoms with Crippen molar-refractivity contribution in [2.75, 3.05) is 13.1 Å². The molecule has 0 aromatic rings. The Hall–Kier alpha value is -1.16. The van der Waals surface area contributed by atoms with E-state index in [0.717, 1.165) is 0 Å². The van der Waals surface area contributed by atoms with Crippen molar-refractivity contribution in [3.63, 3.8) is 0 Å². The Kier molecular flexibility index (Phi) is 1.82. The van der Waals surface area contributed by atoms with Crippen LogP contribution in [0.4, 0.5) is 0 Å². The minimum atomic E-state index is -0.633. The van der Waals surface area contributed by atoms with Gasteiger partial charge in [0.1, 0.15) is 0 Å². The monoisotopic (exact) mass is 140 g/mol. The van der Waals surface area contributed by atoms with Crippen molar-refractivity contribution in [1.82, 2.24) is 5.32 Å². The second kappa shape index (κ2) is 2.62. The molecule has 0 unspecified atom stereocenters. The van der Waals surface area contributed by atoms with Crippen LogP contribution in [0, 0.1) is 0 Å². The lowest BCUT2D eigenvalue weighted by Crippen LogP contribution is -2.34. The van der Waals surface area contributed by atoms with Crippen molar-refractivity contribution >= 4 is 11.7 Å². The molecule has 3 N–H and O–H groups in total. The molecule has 0 aromatic heterocycles. The second-order valence-electron chi connectivity index (χ2n) is 2.04. The number of primary amides is 1. The molecule has 1 aliphatic heterocycles. The lowest BCUT2D eigenvalue weighted by Gasteiger charge is -2.08. The van der Waals surface area contributed by atoms with Gasteiger partial charge in [-0.2, -0.15) is 0 Å². The average Bonchev–Trinajstić information content (AvgIpc) is 1.88. The summed E-state index contributed by atoms with van der Waals surface area (Å²) in [5.41, 5.74) is 5.03. The van der Waals surface area contributed by atoms with Gasteiger partial charge >= 0.3 is 0 Å². The highest BCUT2D eigenvalue weighted by Gasteiger charge is 2.16. The molecular weight excluding hydrogens is 132 g/mol. The van der Waals surface area contributed by atoms with E-state index in [4.69, 9.17) is 5.73 Å². The number of ketones is 1. The first-order valence-electron chi connectivity index (χ1n) is 2.95. The smallest absolute Gasteiger partial charge is 0.252 e. The van der Waals surface area contributed by atoms with Gasteiger partial charge in [-0.3, -0.25) is 9.59 Å². The van der Waals surface area contributed by atoms with Gasteiger partial charge in [-0.15, -0.1) is 0 Å². The SMILES string of the molecule is NC(=O)C1=CCNCC1=O. The van der Waals surface area contributed by atoms with E-state index in [-0.39, 0.29) is 17.9 Å². The van der Waals surface area contributed by atoms with E-state index in [1.165, 1.54) is 6.08 Å². The van der Waals surface area contributed by atoms with Gasteiger partial charge in [0.05, 0.1) is 12.1 Å². The van der Waals surface area contributed by atoms with Crippen LogP contribution in [0.2, 0.25) is 0 Å². The fourth-order valence-electron chi connectivity index (χ4n) is 0.807. The van der Waals surface area contributed by atoms with Crippen LogP contribution in [0.3, 0.4) is 0 Å². The topological polar surface area (TPSA) is 72.2 Å². The van der Waals surface area contributed by atoms with Crippen LogP contribution in [-0.4, -0.2) is 24.8 Å². The first kappa shape index (κ1) is 6.95. The Morgan fingerprint density at radius 3 is 2.80 bits per heavy atom. The van der Waals surface area contributed by atoms with E-state index in [1.807, 2.05) is 0 Å². The lowest BCUT2D eigenvalue weighted by molar-refractivity contribution is -0.120. The zero-order valence-electron chi connectivity index (χ0n) is 5.39. The summed E-state index contributed by atoms with van der Waals surface area (Å²) < 4.78 is 0. The molecule has 0 fully saturated rings. The summed E-state index contributed by atoms with van der Waals surface area (Å²) in [5.74, 6) is -0.856. The summed E-state index contributed by atoms with van der Waals surface area (Å²) in [6.07, 6.45) is 1.51. The summed E-state index contributed by atoms with van der Waals surface area (Å²) in [6.45, 7) is 0.763. The Morgan fingerprint density at radius 1 is 1.70 bits per heavy atom. The molecule has 0 spiro atoms. The molecular formula is C6H8N2O2. The molecule has 0 bridgehead atoms. The highest BCUT2D eigenvalue weighted by atomic mass is 16.2. The molecule has 4 nitrogen and oxygen atoms in total. The number of hydrogen-bond acceptors (Lipinski definition) is 3. The molecule has 10 heavy (non-hydrogen) atoms. The number of Topliss-reactive ketones (excluding diaryl/α,β-unsaturated/α-hetero) is 1. The van der Waals surface area contributed by atoms with E-state index in [9.17, 15) is 9.59 Å². The molecule has 1 heterocycles. The van der Waals surface area contributed by atoms with Crippen LogP contribution in [0.25, 0.3) is 0 Å². The first-order chi connectivity index (χ1) is 4.72. The van der Waals surface area contributed by atoms with Gasteiger partial charge in [0.2, 0.25) is 0 Å². The van der Waals surface area contributed by atoms with Crippen molar-refractivity contribution in [2.45, 2.75) is 0 Å². The fourth-order valence-corrected chi connectivity index (χ4v) is 0.807. The van der Waals surface area contributed by atoms with E-state index in [0.29, 0.717) is 6.54 Å². The number of nitrogens with one attached hydrogen (secondary N) is 1. The van der Waals surface area contributed by atoms with Crippen LogP contribution in [0.5, 0.6) is 0 Å². The maximum atomic E-state index is 10.8. The molecule has 0 saturated carbocycles. The summed E-state index contributed by atoms with van der Waals surface area (Å²) in [6, 6.07) is 0. The Labute approximate surface area is 58.1 Å². The minimum Gasteiger partial charge on any atom is -0.365 e. The van der Waals surface area contributed by atoms with Gasteiger partial charge in [0.25, 0.3) is 5.91 Å². The van der Waals surface area contributed by atoms with E-state index in [2.05, 4.69) is 5.32 Å². The molecule has 0 radical (unpaired) electrons. The van der Waals surface area contributed by atoms with Crippen molar-refractivity contribution in [2.24, 2.45) is 5.73 Å². The maximum absolute atomic E-state index is 10.8. The summed E-state index contributed by atoms with van der Waals surface area (Å²) >= 11 is 0. The number of carbonyl (C=O) groups excluding carboxylic acids is 2. The predicted molar refractivity (Wildman–Crippen MR) is 35.2 cm³/mol. The predicted octanol–water partition coefficient (Wildman–Crippen LogP) is -1.43. The third-order valence-electron chi connectivity index (χ3n) is 1.30. The van der Waals surface area contributed by atoms with Crippen molar-refractivity contribution in [3.05, 3.63) is 11.6 Å². The Bertz CT molecular complexity index is 208. The molecule has 1 rings (SSSR count). The van der Waals surface area contributed by atoms with Gasteiger partial charge in [-0.1, -0.05) is 6.08 Å². The largest absolute Gasteiger partial charge is 0.365 e. The van der Waals surface area contributed by atoms with Crippen molar-refractivity contribution in [1.29, 1.82) is 0 Å². The molecule has 0 saturated heterocycles. The minimum absolute atomic E-state index is 0.124. The van der Waals surface area contributed by atoms with Crippen LogP contribution in [-0.2, 0) is 9.59 Å². The van der Waals surface area contributed by atoms with E-state index >= 15 is 0 Å². The van der Waals surface area contributed by atoms with Gasteiger partial charge in [-0.25, -0.2) is 0 Å². The zero-order valence-corrected chi connectivity index (χ0v) is 5.39. The maximum Gasteiger partial charge on any atom is 0.252 e. The highest BCUT2D eigenvalue weighted by Crippen LogP contribution is 1.97. The summed E-state index contributed by atoms with van der Waals surface area (Å²) in [5, 5.41) is 2.79. The average molecular weight is 140 g/mol. The third kappa shape index (κ3) is 1.22. The fraction of sp³-hybridized carbons (Fsp3) is 0.333. The highest BCUT2D eigenvalue weighted by molar-refractivity contribution is 6.19. The van der Waals surface area contributed by atoms with Crippen molar-refractivity contribution < 1.29 is 9.59 Å². The Morgan fingerprint density at radius 2 is 2.40 bits per heavy atom. The van der Waals surface area contributed by atoms with Crippen LogP contribution in [0.15, 0.2) is 11.6 Å². The van der Waals surface area contributed by atoms with Crippen molar-refractivity contribution in [3.8, 4) is 0 Å². The lowest BCUT2D eigenvalue weighted by atomic mass is 10.1. The standard InChI is InChI=1S/C6H8N2O2/c7-6(10)4-1-2-8-3-5(4)9/h1,8H,2-3H2,(H2,7,10). The molecule has 4 heteroatoms. The Balaban J connectivity index is 2.81. The third-order valence-corrected chi connectivity index (χ3v) is 1.30. The zero-order chi connectivity index (χ0) is 7.56. The molecule has 0 aromatic carbocycles. The van der Waals surface area contributed by atoms with Gasteiger partial charge in [0.15, 0.2) is 5.78 Å². The van der Waals surface area contributed by atoms with E-state index in [1.54, 1.807) is 0 Å². The molecule has 1 aliphatic rings. The quantitative estimate of drug-likeness (QED) is 0.438. The van der Waals surface area contributed by atoms with Gasteiger partial charge < -0.3 is 11.1 Å².